The van der Waals surface area contributed by atoms with Gasteiger partial charge >= 0.3 is 0 Å². The predicted octanol–water partition coefficient (Wildman–Crippen LogP) is 5.58. The first-order valence-electron chi connectivity index (χ1n) is 8.55. The van der Waals surface area contributed by atoms with Crippen LogP contribution in [-0.2, 0) is 6.42 Å². The van der Waals surface area contributed by atoms with Crippen LogP contribution >= 0.6 is 23.2 Å². The molecule has 1 N–H and O–H groups in total. The number of nitrogens with one attached hydrogen (secondary N) is 1. The molecule has 0 amide bonds. The van der Waals surface area contributed by atoms with E-state index >= 15 is 0 Å². The highest BCUT2D eigenvalue weighted by molar-refractivity contribution is 6.34. The van der Waals surface area contributed by atoms with Crippen molar-refractivity contribution < 1.29 is 0 Å². The maximum Gasteiger partial charge on any atom is 0.133 e. The molecular weight excluding hydrogens is 329 g/mol. The van der Waals surface area contributed by atoms with Gasteiger partial charge in [-0.3, -0.25) is 0 Å². The van der Waals surface area contributed by atoms with Crippen molar-refractivity contribution in [1.29, 1.82) is 0 Å². The van der Waals surface area contributed by atoms with Crippen molar-refractivity contribution in [3.05, 3.63) is 39.5 Å². The summed E-state index contributed by atoms with van der Waals surface area (Å²) in [4.78, 5) is 0. The molecule has 0 spiro atoms. The summed E-state index contributed by atoms with van der Waals surface area (Å²) in [5.41, 5.74) is 3.54. The molecule has 1 fully saturated rings. The van der Waals surface area contributed by atoms with Crippen molar-refractivity contribution in [2.75, 3.05) is 11.9 Å². The van der Waals surface area contributed by atoms with Crippen LogP contribution in [0.15, 0.2) is 18.2 Å². The number of rotatable bonds is 2. The van der Waals surface area contributed by atoms with E-state index < -0.39 is 0 Å². The molecule has 2 heterocycles. The van der Waals surface area contributed by atoms with Crippen molar-refractivity contribution in [3.8, 4) is 5.69 Å². The molecule has 1 aromatic heterocycles. The van der Waals surface area contributed by atoms with E-state index in [0.29, 0.717) is 16.0 Å². The molecule has 3 nitrogen and oxygen atoms in total. The summed E-state index contributed by atoms with van der Waals surface area (Å²) in [5, 5.41) is 9.95. The zero-order chi connectivity index (χ0) is 15.8. The van der Waals surface area contributed by atoms with Crippen LogP contribution in [0.3, 0.4) is 0 Å². The van der Waals surface area contributed by atoms with Crippen LogP contribution in [0, 0.1) is 0 Å². The van der Waals surface area contributed by atoms with E-state index in [0.717, 1.165) is 24.5 Å². The summed E-state index contributed by atoms with van der Waals surface area (Å²) in [6, 6.07) is 5.57. The van der Waals surface area contributed by atoms with E-state index in [4.69, 9.17) is 28.3 Å². The van der Waals surface area contributed by atoms with Gasteiger partial charge in [0.25, 0.3) is 0 Å². The van der Waals surface area contributed by atoms with Crippen LogP contribution in [0.4, 0.5) is 5.82 Å². The highest BCUT2D eigenvalue weighted by atomic mass is 35.5. The Morgan fingerprint density at radius 2 is 1.91 bits per heavy atom. The fourth-order valence-corrected chi connectivity index (χ4v) is 4.24. The molecule has 4 rings (SSSR count). The monoisotopic (exact) mass is 349 g/mol. The molecule has 1 aliphatic carbocycles. The summed E-state index contributed by atoms with van der Waals surface area (Å²) in [6.07, 6.45) is 8.66. The SMILES string of the molecule is Clc1ccc(Cl)c(-n2nc(C3CCCC3)c3c2NCCCC3)c1. The van der Waals surface area contributed by atoms with Crippen molar-refractivity contribution in [2.45, 2.75) is 50.9 Å². The Hall–Kier alpha value is -1.19. The summed E-state index contributed by atoms with van der Waals surface area (Å²) < 4.78 is 1.99. The minimum atomic E-state index is 0.600. The van der Waals surface area contributed by atoms with Crippen LogP contribution in [0.2, 0.25) is 10.0 Å². The molecule has 0 atom stereocenters. The second-order valence-corrected chi connectivity index (χ2v) is 7.43. The minimum Gasteiger partial charge on any atom is -0.370 e. The van der Waals surface area contributed by atoms with Gasteiger partial charge in [0, 0.05) is 23.0 Å². The number of anilines is 1. The maximum atomic E-state index is 6.44. The number of fused-ring (bicyclic) bond motifs is 1. The first kappa shape index (κ1) is 15.3. The van der Waals surface area contributed by atoms with Crippen LogP contribution in [0.25, 0.3) is 5.69 Å². The fraction of sp³-hybridized carbons (Fsp3) is 0.500. The summed E-state index contributed by atoms with van der Waals surface area (Å²) in [5.74, 6) is 1.72. The zero-order valence-electron chi connectivity index (χ0n) is 13.1. The van der Waals surface area contributed by atoms with Gasteiger partial charge in [-0.25, -0.2) is 4.68 Å². The van der Waals surface area contributed by atoms with Gasteiger partial charge in [0.05, 0.1) is 16.4 Å². The first-order valence-corrected chi connectivity index (χ1v) is 9.31. The van der Waals surface area contributed by atoms with Crippen molar-refractivity contribution in [1.82, 2.24) is 9.78 Å². The van der Waals surface area contributed by atoms with E-state index in [2.05, 4.69) is 5.32 Å². The Balaban J connectivity index is 1.87. The third-order valence-electron chi connectivity index (χ3n) is 5.04. The molecule has 1 saturated carbocycles. The quantitative estimate of drug-likeness (QED) is 0.766. The molecule has 0 unspecified atom stereocenters. The molecule has 1 aromatic carbocycles. The molecule has 1 aliphatic heterocycles. The summed E-state index contributed by atoms with van der Waals surface area (Å²) >= 11 is 12.6. The third-order valence-corrected chi connectivity index (χ3v) is 5.59. The number of nitrogens with zero attached hydrogens (tertiary/aromatic N) is 2. The Bertz CT molecular complexity index is 717. The van der Waals surface area contributed by atoms with E-state index in [1.807, 2.05) is 22.9 Å². The maximum absolute atomic E-state index is 6.44. The molecule has 2 aliphatic rings. The number of benzene rings is 1. The number of aromatic nitrogens is 2. The van der Waals surface area contributed by atoms with Gasteiger partial charge in [0.2, 0.25) is 0 Å². The van der Waals surface area contributed by atoms with Gasteiger partial charge < -0.3 is 5.32 Å². The first-order chi connectivity index (χ1) is 11.2. The topological polar surface area (TPSA) is 29.9 Å². The van der Waals surface area contributed by atoms with Gasteiger partial charge in [0.15, 0.2) is 0 Å². The van der Waals surface area contributed by atoms with Gasteiger partial charge in [-0.05, 0) is 50.3 Å². The average molecular weight is 350 g/mol. The van der Waals surface area contributed by atoms with Crippen molar-refractivity contribution in [2.24, 2.45) is 0 Å². The largest absolute Gasteiger partial charge is 0.370 e. The molecule has 23 heavy (non-hydrogen) atoms. The van der Waals surface area contributed by atoms with E-state index in [1.165, 1.54) is 49.8 Å². The van der Waals surface area contributed by atoms with Gasteiger partial charge in [-0.1, -0.05) is 36.0 Å². The standard InChI is InChI=1S/C18H21Cl2N3/c19-13-8-9-15(20)16(11-13)23-18-14(7-3-4-10-21-18)17(22-23)12-5-1-2-6-12/h8-9,11-12,21H,1-7,10H2. The minimum absolute atomic E-state index is 0.600. The van der Waals surface area contributed by atoms with Crippen LogP contribution < -0.4 is 5.32 Å². The lowest BCUT2D eigenvalue weighted by Crippen LogP contribution is -2.07. The van der Waals surface area contributed by atoms with E-state index in [1.54, 1.807) is 0 Å². The third kappa shape index (κ3) is 2.85. The lowest BCUT2D eigenvalue weighted by Gasteiger charge is -2.11. The smallest absolute Gasteiger partial charge is 0.133 e. The summed E-state index contributed by atoms with van der Waals surface area (Å²) in [6.45, 7) is 0.987. The molecular formula is C18H21Cl2N3. The van der Waals surface area contributed by atoms with Crippen LogP contribution in [0.5, 0.6) is 0 Å². The Morgan fingerprint density at radius 3 is 2.74 bits per heavy atom. The molecule has 5 heteroatoms. The van der Waals surface area contributed by atoms with Crippen LogP contribution in [-0.4, -0.2) is 16.3 Å². The molecule has 0 bridgehead atoms. The Morgan fingerprint density at radius 1 is 1.09 bits per heavy atom. The van der Waals surface area contributed by atoms with E-state index in [9.17, 15) is 0 Å². The average Bonchev–Trinajstić information content (AvgIpc) is 3.12. The number of hydrogen-bond donors (Lipinski definition) is 1. The molecule has 0 radical (unpaired) electrons. The highest BCUT2D eigenvalue weighted by Crippen LogP contribution is 2.40. The number of halogens is 2. The van der Waals surface area contributed by atoms with Crippen LogP contribution in [0.1, 0.15) is 55.7 Å². The lowest BCUT2D eigenvalue weighted by molar-refractivity contribution is 0.664. The van der Waals surface area contributed by atoms with Crippen molar-refractivity contribution in [3.63, 3.8) is 0 Å². The molecule has 0 saturated heterocycles. The van der Waals surface area contributed by atoms with Crippen molar-refractivity contribution >= 4 is 29.0 Å². The van der Waals surface area contributed by atoms with E-state index in [-0.39, 0.29) is 0 Å². The lowest BCUT2D eigenvalue weighted by atomic mass is 9.97. The normalized spacial score (nSPS) is 18.5. The van der Waals surface area contributed by atoms with Gasteiger partial charge in [-0.15, -0.1) is 0 Å². The highest BCUT2D eigenvalue weighted by Gasteiger charge is 2.28. The van der Waals surface area contributed by atoms with Gasteiger partial charge in [-0.2, -0.15) is 5.10 Å². The fourth-order valence-electron chi connectivity index (χ4n) is 3.88. The zero-order valence-corrected chi connectivity index (χ0v) is 14.6. The Kier molecular flexibility index (Phi) is 4.25. The second-order valence-electron chi connectivity index (χ2n) is 6.59. The van der Waals surface area contributed by atoms with Gasteiger partial charge in [0.1, 0.15) is 5.82 Å². The second kappa shape index (κ2) is 6.37. The predicted molar refractivity (Wildman–Crippen MR) is 96.2 cm³/mol. The molecule has 2 aromatic rings. The Labute approximate surface area is 147 Å². The number of hydrogen-bond acceptors (Lipinski definition) is 2. The summed E-state index contributed by atoms with van der Waals surface area (Å²) in [7, 11) is 0. The molecule has 122 valence electrons.